The maximum Gasteiger partial charge on any atom is 0.265 e. The molecule has 0 aromatic heterocycles. The molecule has 2 heterocycles. The van der Waals surface area contributed by atoms with Crippen LogP contribution in [0.3, 0.4) is 0 Å². The predicted molar refractivity (Wildman–Crippen MR) is 105 cm³/mol. The highest BCUT2D eigenvalue weighted by Crippen LogP contribution is 2.37. The molecular weight excluding hydrogens is 377 g/mol. The minimum atomic E-state index is -1.18. The Balaban J connectivity index is 1.61. The van der Waals surface area contributed by atoms with Crippen LogP contribution in [0.1, 0.15) is 29.8 Å². The van der Waals surface area contributed by atoms with Gasteiger partial charge in [0.2, 0.25) is 5.91 Å². The zero-order valence-corrected chi connectivity index (χ0v) is 16.0. The smallest absolute Gasteiger partial charge is 0.265 e. The van der Waals surface area contributed by atoms with Crippen LogP contribution >= 0.6 is 0 Å². The Hall–Kier alpha value is -3.42. The zero-order valence-electron chi connectivity index (χ0n) is 16.0. The fourth-order valence-corrected chi connectivity index (χ4v) is 3.70. The molecule has 3 amide bonds. The van der Waals surface area contributed by atoms with Crippen LogP contribution in [0, 0.1) is 5.82 Å². The number of hydrogen-bond donors (Lipinski definition) is 2. The molecule has 0 fully saturated rings. The van der Waals surface area contributed by atoms with Gasteiger partial charge in [0.15, 0.2) is 6.61 Å². The molecule has 150 valence electrons. The molecule has 0 atom stereocenters. The van der Waals surface area contributed by atoms with E-state index in [-0.39, 0.29) is 18.2 Å². The molecule has 4 rings (SSSR count). The number of fused-ring (bicyclic) bond motifs is 2. The Morgan fingerprint density at radius 2 is 2.03 bits per heavy atom. The van der Waals surface area contributed by atoms with Gasteiger partial charge in [0.25, 0.3) is 11.8 Å². The second-order valence-corrected chi connectivity index (χ2v) is 7.48. The summed E-state index contributed by atoms with van der Waals surface area (Å²) < 4.78 is 19.3. The van der Waals surface area contributed by atoms with E-state index in [4.69, 9.17) is 4.74 Å². The minimum absolute atomic E-state index is 0.173. The van der Waals surface area contributed by atoms with E-state index in [1.54, 1.807) is 32.0 Å². The fourth-order valence-electron chi connectivity index (χ4n) is 3.70. The molecule has 0 unspecified atom stereocenters. The van der Waals surface area contributed by atoms with Crippen LogP contribution in [-0.4, -0.2) is 36.4 Å². The van der Waals surface area contributed by atoms with Gasteiger partial charge in [-0.3, -0.25) is 19.3 Å². The standard InChI is InChI=1S/C21H20FN3O4/c1-21(2)20(28)24-15-10-12(22)6-7-16(15)25(21)18(26)11-29-17-5-3-4-14-13(17)8-9-23-19(14)27/h3-7,10H,8-9,11H2,1-2H3,(H,23,27)(H,24,28). The van der Waals surface area contributed by atoms with Gasteiger partial charge in [0, 0.05) is 17.7 Å². The van der Waals surface area contributed by atoms with E-state index in [1.165, 1.54) is 23.1 Å². The molecule has 0 saturated carbocycles. The summed E-state index contributed by atoms with van der Waals surface area (Å²) in [6, 6.07) is 8.98. The summed E-state index contributed by atoms with van der Waals surface area (Å²) >= 11 is 0. The van der Waals surface area contributed by atoms with Crippen LogP contribution in [0.2, 0.25) is 0 Å². The van der Waals surface area contributed by atoms with E-state index in [0.29, 0.717) is 30.0 Å². The van der Waals surface area contributed by atoms with Gasteiger partial charge in [-0.1, -0.05) is 6.07 Å². The quantitative estimate of drug-likeness (QED) is 0.832. The van der Waals surface area contributed by atoms with Crippen LogP contribution in [-0.2, 0) is 16.0 Å². The zero-order chi connectivity index (χ0) is 20.8. The number of carbonyl (C=O) groups excluding carboxylic acids is 3. The van der Waals surface area contributed by atoms with Gasteiger partial charge < -0.3 is 15.4 Å². The Morgan fingerprint density at radius 3 is 2.83 bits per heavy atom. The van der Waals surface area contributed by atoms with Crippen molar-refractivity contribution in [2.24, 2.45) is 0 Å². The summed E-state index contributed by atoms with van der Waals surface area (Å²) in [6.45, 7) is 3.40. The molecule has 0 radical (unpaired) electrons. The van der Waals surface area contributed by atoms with Crippen molar-refractivity contribution in [1.29, 1.82) is 0 Å². The molecule has 7 nitrogen and oxygen atoms in total. The molecule has 8 heteroatoms. The van der Waals surface area contributed by atoms with Crippen LogP contribution < -0.4 is 20.3 Å². The maximum absolute atomic E-state index is 13.6. The number of halogens is 1. The van der Waals surface area contributed by atoms with Crippen molar-refractivity contribution in [2.45, 2.75) is 25.8 Å². The summed E-state index contributed by atoms with van der Waals surface area (Å²) in [7, 11) is 0. The first-order chi connectivity index (χ1) is 13.8. The number of nitrogens with zero attached hydrogens (tertiary/aromatic N) is 1. The highest BCUT2D eigenvalue weighted by Gasteiger charge is 2.43. The lowest BCUT2D eigenvalue weighted by atomic mass is 9.96. The molecule has 0 saturated heterocycles. The lowest BCUT2D eigenvalue weighted by molar-refractivity contribution is -0.127. The Labute approximate surface area is 166 Å². The molecule has 2 aromatic rings. The van der Waals surface area contributed by atoms with E-state index in [2.05, 4.69) is 10.6 Å². The molecule has 2 aromatic carbocycles. The third kappa shape index (κ3) is 3.20. The first-order valence-electron chi connectivity index (χ1n) is 9.26. The van der Waals surface area contributed by atoms with E-state index in [0.717, 1.165) is 5.56 Å². The highest BCUT2D eigenvalue weighted by molar-refractivity contribution is 6.14. The number of amides is 3. The number of ether oxygens (including phenoxy) is 1. The second-order valence-electron chi connectivity index (χ2n) is 7.48. The third-order valence-corrected chi connectivity index (χ3v) is 5.20. The Morgan fingerprint density at radius 1 is 1.24 bits per heavy atom. The SMILES string of the molecule is CC1(C)C(=O)Nc2cc(F)ccc2N1C(=O)COc1cccc2c1CCNC2=O. The van der Waals surface area contributed by atoms with Gasteiger partial charge in [-0.05, 0) is 50.6 Å². The normalized spacial score (nSPS) is 17.0. The number of anilines is 2. The van der Waals surface area contributed by atoms with Crippen molar-refractivity contribution in [1.82, 2.24) is 5.32 Å². The van der Waals surface area contributed by atoms with Crippen molar-refractivity contribution >= 4 is 29.1 Å². The average Bonchev–Trinajstić information content (AvgIpc) is 2.67. The van der Waals surface area contributed by atoms with Gasteiger partial charge in [0.05, 0.1) is 11.4 Å². The number of rotatable bonds is 3. The van der Waals surface area contributed by atoms with Gasteiger partial charge in [0.1, 0.15) is 17.1 Å². The molecule has 2 aliphatic heterocycles. The van der Waals surface area contributed by atoms with Gasteiger partial charge in [-0.25, -0.2) is 4.39 Å². The first kappa shape index (κ1) is 18.9. The summed E-state index contributed by atoms with van der Waals surface area (Å²) in [6.07, 6.45) is 0.602. The molecule has 0 aliphatic carbocycles. The van der Waals surface area contributed by atoms with E-state index >= 15 is 0 Å². The number of nitrogens with one attached hydrogen (secondary N) is 2. The molecule has 29 heavy (non-hydrogen) atoms. The number of hydrogen-bond acceptors (Lipinski definition) is 4. The van der Waals surface area contributed by atoms with E-state index in [1.807, 2.05) is 0 Å². The van der Waals surface area contributed by atoms with E-state index < -0.39 is 23.2 Å². The topological polar surface area (TPSA) is 87.7 Å². The van der Waals surface area contributed by atoms with Crippen LogP contribution in [0.15, 0.2) is 36.4 Å². The van der Waals surface area contributed by atoms with Crippen molar-refractivity contribution < 1.29 is 23.5 Å². The Kier molecular flexibility index (Phi) is 4.49. The number of carbonyl (C=O) groups is 3. The third-order valence-electron chi connectivity index (χ3n) is 5.20. The Bertz CT molecular complexity index is 1030. The molecular formula is C21H20FN3O4. The molecule has 2 aliphatic rings. The summed E-state index contributed by atoms with van der Waals surface area (Å²) in [5.41, 5.74) is 0.735. The maximum atomic E-state index is 13.6. The summed E-state index contributed by atoms with van der Waals surface area (Å²) in [4.78, 5) is 38.9. The van der Waals surface area contributed by atoms with Crippen LogP contribution in [0.4, 0.5) is 15.8 Å². The first-order valence-corrected chi connectivity index (χ1v) is 9.26. The average molecular weight is 397 g/mol. The molecule has 0 bridgehead atoms. The largest absolute Gasteiger partial charge is 0.483 e. The van der Waals surface area contributed by atoms with Gasteiger partial charge in [-0.15, -0.1) is 0 Å². The van der Waals surface area contributed by atoms with Crippen LogP contribution in [0.25, 0.3) is 0 Å². The van der Waals surface area contributed by atoms with E-state index in [9.17, 15) is 18.8 Å². The number of benzene rings is 2. The predicted octanol–water partition coefficient (Wildman–Crippen LogP) is 2.25. The fraction of sp³-hybridized carbons (Fsp3) is 0.286. The van der Waals surface area contributed by atoms with Crippen molar-refractivity contribution in [2.75, 3.05) is 23.4 Å². The molecule has 2 N–H and O–H groups in total. The highest BCUT2D eigenvalue weighted by atomic mass is 19.1. The van der Waals surface area contributed by atoms with Gasteiger partial charge >= 0.3 is 0 Å². The summed E-state index contributed by atoms with van der Waals surface area (Å²) in [5, 5.41) is 5.41. The van der Waals surface area contributed by atoms with Gasteiger partial charge in [-0.2, -0.15) is 0 Å². The van der Waals surface area contributed by atoms with Crippen molar-refractivity contribution in [3.05, 3.63) is 53.3 Å². The van der Waals surface area contributed by atoms with Crippen molar-refractivity contribution in [3.63, 3.8) is 0 Å². The lowest BCUT2D eigenvalue weighted by Crippen LogP contribution is -2.59. The minimum Gasteiger partial charge on any atom is -0.483 e. The monoisotopic (exact) mass is 397 g/mol. The molecule has 0 spiro atoms. The van der Waals surface area contributed by atoms with Crippen molar-refractivity contribution in [3.8, 4) is 5.75 Å². The second kappa shape index (κ2) is 6.88. The summed E-state index contributed by atoms with van der Waals surface area (Å²) in [5.74, 6) is -1.09. The lowest BCUT2D eigenvalue weighted by Gasteiger charge is -2.42. The van der Waals surface area contributed by atoms with Crippen LogP contribution in [0.5, 0.6) is 5.75 Å².